The van der Waals surface area contributed by atoms with Crippen LogP contribution in [0.15, 0.2) is 40.6 Å². The van der Waals surface area contributed by atoms with E-state index >= 15 is 0 Å². The minimum atomic E-state index is -3.88. The Balaban J connectivity index is 2.25. The van der Waals surface area contributed by atoms with Crippen LogP contribution in [0.25, 0.3) is 0 Å². The number of anilines is 1. The molecule has 0 atom stereocenters. The molecule has 0 bridgehead atoms. The lowest BCUT2D eigenvalue weighted by molar-refractivity contribution is -0.136. The van der Waals surface area contributed by atoms with Crippen molar-refractivity contribution in [3.05, 3.63) is 46.2 Å². The molecule has 0 aliphatic carbocycles. The summed E-state index contributed by atoms with van der Waals surface area (Å²) in [7, 11) is -3.88. The largest absolute Gasteiger partial charge is 0.481 e. The van der Waals surface area contributed by atoms with Crippen molar-refractivity contribution in [2.75, 3.05) is 4.72 Å². The summed E-state index contributed by atoms with van der Waals surface area (Å²) in [6.07, 6.45) is -0.190. The number of carbonyl (C=O) groups excluding carboxylic acids is 1. The van der Waals surface area contributed by atoms with Gasteiger partial charge in [0.05, 0.1) is 17.0 Å². The quantitative estimate of drug-likeness (QED) is 0.730. The Hall–Kier alpha value is -2.39. The minimum Gasteiger partial charge on any atom is -0.481 e. The first-order valence-corrected chi connectivity index (χ1v) is 8.37. The molecule has 0 fully saturated rings. The van der Waals surface area contributed by atoms with Crippen LogP contribution in [-0.2, 0) is 21.2 Å². The van der Waals surface area contributed by atoms with Crippen molar-refractivity contribution in [3.63, 3.8) is 0 Å². The van der Waals surface area contributed by atoms with Crippen LogP contribution in [0.3, 0.4) is 0 Å². The van der Waals surface area contributed by atoms with Crippen LogP contribution in [0.5, 0.6) is 0 Å². The normalized spacial score (nSPS) is 11.1. The number of aliphatic carboxylic acids is 1. The number of carbonyl (C=O) groups is 2. The first-order chi connectivity index (χ1) is 10.3. The summed E-state index contributed by atoms with van der Waals surface area (Å²) in [5, 5.41) is 10.2. The van der Waals surface area contributed by atoms with E-state index in [0.717, 1.165) is 11.3 Å². The van der Waals surface area contributed by atoms with Crippen LogP contribution in [-0.4, -0.2) is 25.4 Å². The smallest absolute Gasteiger partial charge is 0.307 e. The maximum atomic E-state index is 12.2. The van der Waals surface area contributed by atoms with Crippen LogP contribution < -0.4 is 10.5 Å². The van der Waals surface area contributed by atoms with Crippen molar-refractivity contribution < 1.29 is 23.1 Å². The van der Waals surface area contributed by atoms with Crippen molar-refractivity contribution in [2.45, 2.75) is 11.3 Å². The average Bonchev–Trinajstić information content (AvgIpc) is 2.86. The molecule has 2 rings (SSSR count). The highest BCUT2D eigenvalue weighted by molar-refractivity contribution is 7.92. The number of sulfonamides is 1. The second kappa shape index (κ2) is 6.16. The van der Waals surface area contributed by atoms with Gasteiger partial charge >= 0.3 is 5.97 Å². The van der Waals surface area contributed by atoms with E-state index in [-0.39, 0.29) is 21.9 Å². The number of nitrogens with two attached hydrogens (primary N) is 1. The molecule has 0 radical (unpaired) electrons. The Morgan fingerprint density at radius 2 is 1.82 bits per heavy atom. The molecule has 116 valence electrons. The summed E-state index contributed by atoms with van der Waals surface area (Å²) in [5.74, 6) is -1.72. The van der Waals surface area contributed by atoms with Gasteiger partial charge in [-0.05, 0) is 29.1 Å². The number of nitrogens with one attached hydrogen (secondary N) is 1. The standard InChI is InChI=1S/C13H12N2O5S2/c14-13(18)12-10(5-6-21-12)15-22(19,20)9-3-1-8(2-4-9)7-11(16)17/h1-6,15H,7H2,(H2,14,18)(H,16,17). The number of carboxylic acid groups (broad SMARTS) is 1. The van der Waals surface area contributed by atoms with E-state index in [0.29, 0.717) is 5.56 Å². The van der Waals surface area contributed by atoms with E-state index in [1.54, 1.807) is 5.38 Å². The van der Waals surface area contributed by atoms with Gasteiger partial charge in [0, 0.05) is 0 Å². The van der Waals surface area contributed by atoms with Gasteiger partial charge in [0.1, 0.15) is 4.88 Å². The number of hydrogen-bond donors (Lipinski definition) is 3. The molecule has 1 heterocycles. The van der Waals surface area contributed by atoms with E-state index in [2.05, 4.69) is 4.72 Å². The van der Waals surface area contributed by atoms with E-state index in [1.165, 1.54) is 30.3 Å². The SMILES string of the molecule is NC(=O)c1sccc1NS(=O)(=O)c1ccc(CC(=O)O)cc1. The van der Waals surface area contributed by atoms with Gasteiger partial charge in [-0.15, -0.1) is 11.3 Å². The van der Waals surface area contributed by atoms with E-state index in [4.69, 9.17) is 10.8 Å². The number of hydrogen-bond acceptors (Lipinski definition) is 5. The van der Waals surface area contributed by atoms with Crippen LogP contribution in [0.2, 0.25) is 0 Å². The van der Waals surface area contributed by atoms with Gasteiger partial charge in [-0.1, -0.05) is 12.1 Å². The second-order valence-corrected chi connectivity index (χ2v) is 6.95. The van der Waals surface area contributed by atoms with Crippen LogP contribution in [0.4, 0.5) is 5.69 Å². The zero-order valence-corrected chi connectivity index (χ0v) is 12.8. The Morgan fingerprint density at radius 1 is 1.18 bits per heavy atom. The maximum absolute atomic E-state index is 12.2. The number of amides is 1. The third kappa shape index (κ3) is 3.62. The third-order valence-electron chi connectivity index (χ3n) is 2.72. The number of carboxylic acids is 1. The zero-order chi connectivity index (χ0) is 16.3. The Bertz CT molecular complexity index is 809. The van der Waals surface area contributed by atoms with Gasteiger partial charge in [0.15, 0.2) is 0 Å². The van der Waals surface area contributed by atoms with Crippen molar-refractivity contribution >= 4 is 38.9 Å². The topological polar surface area (TPSA) is 127 Å². The predicted molar refractivity (Wildman–Crippen MR) is 81.4 cm³/mol. The molecule has 7 nitrogen and oxygen atoms in total. The van der Waals surface area contributed by atoms with Gasteiger partial charge in [0.25, 0.3) is 15.9 Å². The van der Waals surface area contributed by atoms with Crippen molar-refractivity contribution in [1.82, 2.24) is 0 Å². The highest BCUT2D eigenvalue weighted by Gasteiger charge is 2.18. The fourth-order valence-corrected chi connectivity index (χ4v) is 3.58. The third-order valence-corrected chi connectivity index (χ3v) is 5.03. The monoisotopic (exact) mass is 340 g/mol. The predicted octanol–water partition coefficient (Wildman–Crippen LogP) is 1.27. The molecule has 0 saturated carbocycles. The molecule has 1 aromatic carbocycles. The molecule has 9 heteroatoms. The molecular weight excluding hydrogens is 328 g/mol. The lowest BCUT2D eigenvalue weighted by Gasteiger charge is -2.08. The summed E-state index contributed by atoms with van der Waals surface area (Å²) in [5.41, 5.74) is 5.77. The number of rotatable bonds is 6. The summed E-state index contributed by atoms with van der Waals surface area (Å²) in [6.45, 7) is 0. The van der Waals surface area contributed by atoms with Gasteiger partial charge in [0.2, 0.25) is 0 Å². The number of benzene rings is 1. The van der Waals surface area contributed by atoms with Gasteiger partial charge in [-0.3, -0.25) is 14.3 Å². The Morgan fingerprint density at radius 3 is 2.36 bits per heavy atom. The molecule has 1 amide bonds. The fourth-order valence-electron chi connectivity index (χ4n) is 1.75. The summed E-state index contributed by atoms with van der Waals surface area (Å²) in [6, 6.07) is 6.89. The summed E-state index contributed by atoms with van der Waals surface area (Å²) < 4.78 is 26.8. The molecule has 0 aliphatic heterocycles. The summed E-state index contributed by atoms with van der Waals surface area (Å²) >= 11 is 1.04. The first kappa shape index (κ1) is 16.0. The van der Waals surface area contributed by atoms with Gasteiger partial charge < -0.3 is 10.8 Å². The highest BCUT2D eigenvalue weighted by atomic mass is 32.2. The molecule has 1 aromatic heterocycles. The minimum absolute atomic E-state index is 0.0386. The summed E-state index contributed by atoms with van der Waals surface area (Å²) in [4.78, 5) is 21.9. The average molecular weight is 340 g/mol. The van der Waals surface area contributed by atoms with Crippen molar-refractivity contribution in [1.29, 1.82) is 0 Å². The Kier molecular flexibility index (Phi) is 4.48. The molecule has 0 unspecified atom stereocenters. The molecule has 0 saturated heterocycles. The van der Waals surface area contributed by atoms with Gasteiger partial charge in [-0.2, -0.15) is 0 Å². The van der Waals surface area contributed by atoms with E-state index < -0.39 is 21.9 Å². The molecular formula is C13H12N2O5S2. The van der Waals surface area contributed by atoms with Crippen LogP contribution in [0.1, 0.15) is 15.2 Å². The second-order valence-electron chi connectivity index (χ2n) is 4.35. The van der Waals surface area contributed by atoms with Crippen molar-refractivity contribution in [3.8, 4) is 0 Å². The molecule has 0 aliphatic rings. The van der Waals surface area contributed by atoms with Crippen LogP contribution >= 0.6 is 11.3 Å². The fraction of sp³-hybridized carbons (Fsp3) is 0.0769. The van der Waals surface area contributed by atoms with Gasteiger partial charge in [-0.25, -0.2) is 8.42 Å². The van der Waals surface area contributed by atoms with E-state index in [1.807, 2.05) is 0 Å². The zero-order valence-electron chi connectivity index (χ0n) is 11.1. The number of thiophene rings is 1. The van der Waals surface area contributed by atoms with Crippen molar-refractivity contribution in [2.24, 2.45) is 5.73 Å². The van der Waals surface area contributed by atoms with E-state index in [9.17, 15) is 18.0 Å². The number of primary amides is 1. The molecule has 0 spiro atoms. The Labute approximate surface area is 130 Å². The molecule has 4 N–H and O–H groups in total. The highest BCUT2D eigenvalue weighted by Crippen LogP contribution is 2.24. The maximum Gasteiger partial charge on any atom is 0.307 e. The molecule has 22 heavy (non-hydrogen) atoms. The lowest BCUT2D eigenvalue weighted by Crippen LogP contribution is -2.17. The first-order valence-electron chi connectivity index (χ1n) is 6.00. The van der Waals surface area contributed by atoms with Crippen LogP contribution in [0, 0.1) is 0 Å². The lowest BCUT2D eigenvalue weighted by atomic mass is 10.2. The molecule has 2 aromatic rings.